The minimum atomic E-state index is -0.797. The van der Waals surface area contributed by atoms with Crippen LogP contribution in [0, 0.1) is 18.6 Å². The van der Waals surface area contributed by atoms with E-state index in [1.165, 1.54) is 23.9 Å². The van der Waals surface area contributed by atoms with Gasteiger partial charge in [-0.2, -0.15) is 0 Å². The van der Waals surface area contributed by atoms with Gasteiger partial charge >= 0.3 is 0 Å². The number of nitrogens with two attached hydrogens (primary N) is 1. The lowest BCUT2D eigenvalue weighted by Crippen LogP contribution is -2.27. The molecule has 5 nitrogen and oxygen atoms in total. The van der Waals surface area contributed by atoms with E-state index in [1.807, 2.05) is 19.1 Å². The molecule has 8 heteroatoms. The lowest BCUT2D eigenvalue weighted by Gasteiger charge is -2.11. The van der Waals surface area contributed by atoms with E-state index in [9.17, 15) is 13.6 Å². The van der Waals surface area contributed by atoms with Crippen LogP contribution < -0.4 is 16.4 Å². The molecule has 144 valence electrons. The lowest BCUT2D eigenvalue weighted by molar-refractivity contribution is -0.118. The van der Waals surface area contributed by atoms with Crippen LogP contribution in [0.15, 0.2) is 35.9 Å². The fourth-order valence-electron chi connectivity index (χ4n) is 2.32. The Labute approximate surface area is 161 Å². The standard InChI is InChI=1S/C19H22F2N4OS/c1-11-4-5-14(12(2)23-3)19(25-11)27-10-17(26)24-7-6-13-8-15(20)18(22)16(21)9-13/h4-5,8-9,23H,2,6-7,10,22H2,1,3H3,(H,24,26). The number of hydrogen-bond acceptors (Lipinski definition) is 5. The van der Waals surface area contributed by atoms with E-state index in [0.29, 0.717) is 17.0 Å². The molecule has 1 aromatic heterocycles. The summed E-state index contributed by atoms with van der Waals surface area (Å²) in [6, 6.07) is 6.13. The highest BCUT2D eigenvalue weighted by Crippen LogP contribution is 2.24. The molecule has 0 saturated carbocycles. The third-order valence-electron chi connectivity index (χ3n) is 3.84. The first-order chi connectivity index (χ1) is 12.8. The second-order valence-corrected chi connectivity index (χ2v) is 6.86. The van der Waals surface area contributed by atoms with Gasteiger partial charge < -0.3 is 16.4 Å². The van der Waals surface area contributed by atoms with Crippen molar-refractivity contribution in [3.63, 3.8) is 0 Å². The summed E-state index contributed by atoms with van der Waals surface area (Å²) < 4.78 is 26.8. The average Bonchev–Trinajstić information content (AvgIpc) is 2.63. The summed E-state index contributed by atoms with van der Waals surface area (Å²) in [5.41, 5.74) is 7.58. The molecule has 1 heterocycles. The summed E-state index contributed by atoms with van der Waals surface area (Å²) in [4.78, 5) is 16.5. The number of nitrogens with one attached hydrogen (secondary N) is 2. The van der Waals surface area contributed by atoms with Crippen molar-refractivity contribution in [1.82, 2.24) is 15.6 Å². The normalized spacial score (nSPS) is 10.5. The summed E-state index contributed by atoms with van der Waals surface area (Å²) >= 11 is 1.31. The Hall–Kier alpha value is -2.61. The molecule has 1 amide bonds. The summed E-state index contributed by atoms with van der Waals surface area (Å²) in [5, 5.41) is 6.42. The summed E-state index contributed by atoms with van der Waals surface area (Å²) in [6.07, 6.45) is 0.301. The van der Waals surface area contributed by atoms with Gasteiger partial charge in [-0.25, -0.2) is 13.8 Å². The first-order valence-corrected chi connectivity index (χ1v) is 9.28. The monoisotopic (exact) mass is 392 g/mol. The predicted octanol–water partition coefficient (Wildman–Crippen LogP) is 2.89. The molecule has 0 aliphatic carbocycles. The molecular weight excluding hydrogens is 370 g/mol. The third-order valence-corrected chi connectivity index (χ3v) is 4.83. The van der Waals surface area contributed by atoms with Crippen molar-refractivity contribution >= 4 is 29.1 Å². The van der Waals surface area contributed by atoms with Gasteiger partial charge in [0.15, 0.2) is 0 Å². The van der Waals surface area contributed by atoms with E-state index < -0.39 is 17.3 Å². The number of aryl methyl sites for hydroxylation is 1. The number of carbonyl (C=O) groups excluding carboxylic acids is 1. The predicted molar refractivity (Wildman–Crippen MR) is 105 cm³/mol. The van der Waals surface area contributed by atoms with Crippen molar-refractivity contribution in [1.29, 1.82) is 0 Å². The minimum absolute atomic E-state index is 0.172. The van der Waals surface area contributed by atoms with Crippen LogP contribution in [0.3, 0.4) is 0 Å². The van der Waals surface area contributed by atoms with Gasteiger partial charge in [0, 0.05) is 30.5 Å². The van der Waals surface area contributed by atoms with Gasteiger partial charge in [0.25, 0.3) is 0 Å². The second-order valence-electron chi connectivity index (χ2n) is 5.90. The average molecular weight is 392 g/mol. The number of rotatable bonds is 8. The van der Waals surface area contributed by atoms with E-state index >= 15 is 0 Å². The first kappa shape index (κ1) is 20.7. The second kappa shape index (κ2) is 9.36. The molecule has 4 N–H and O–H groups in total. The summed E-state index contributed by atoms with van der Waals surface area (Å²) in [7, 11) is 1.77. The largest absolute Gasteiger partial charge is 0.394 e. The van der Waals surface area contributed by atoms with Gasteiger partial charge in [-0.15, -0.1) is 0 Å². The minimum Gasteiger partial charge on any atom is -0.394 e. The third kappa shape index (κ3) is 5.68. The van der Waals surface area contributed by atoms with Gasteiger partial charge in [0.05, 0.1) is 5.75 Å². The van der Waals surface area contributed by atoms with Crippen LogP contribution in [-0.4, -0.2) is 30.2 Å². The van der Waals surface area contributed by atoms with Crippen LogP contribution in [0.2, 0.25) is 0 Å². The van der Waals surface area contributed by atoms with Crippen LogP contribution in [0.5, 0.6) is 0 Å². The van der Waals surface area contributed by atoms with Crippen molar-refractivity contribution < 1.29 is 13.6 Å². The molecule has 2 rings (SSSR count). The summed E-state index contributed by atoms with van der Waals surface area (Å²) in [5.74, 6) is -1.62. The number of aromatic nitrogens is 1. The zero-order chi connectivity index (χ0) is 20.0. The van der Waals surface area contributed by atoms with Crippen molar-refractivity contribution in [2.24, 2.45) is 0 Å². The molecule has 1 aromatic carbocycles. The van der Waals surface area contributed by atoms with Crippen LogP contribution >= 0.6 is 11.8 Å². The number of nitrogens with zero attached hydrogens (tertiary/aromatic N) is 1. The first-order valence-electron chi connectivity index (χ1n) is 8.29. The van der Waals surface area contributed by atoms with Crippen molar-refractivity contribution in [2.75, 3.05) is 25.1 Å². The van der Waals surface area contributed by atoms with E-state index in [2.05, 4.69) is 22.2 Å². The molecule has 0 aliphatic rings. The SMILES string of the molecule is C=C(NC)c1ccc(C)nc1SCC(=O)NCCc1cc(F)c(N)c(F)c1. The summed E-state index contributed by atoms with van der Waals surface area (Å²) in [6.45, 7) is 6.07. The number of anilines is 1. The Morgan fingerprint density at radius 2 is 1.96 bits per heavy atom. The topological polar surface area (TPSA) is 80.0 Å². The van der Waals surface area contributed by atoms with E-state index in [-0.39, 0.29) is 18.2 Å². The maximum absolute atomic E-state index is 13.4. The molecule has 0 fully saturated rings. The quantitative estimate of drug-likeness (QED) is 0.476. The maximum atomic E-state index is 13.4. The molecule has 0 bridgehead atoms. The number of amides is 1. The molecule has 2 aromatic rings. The Bertz CT molecular complexity index is 835. The van der Waals surface area contributed by atoms with Gasteiger partial charge in [-0.05, 0) is 43.2 Å². The number of thioether (sulfide) groups is 1. The highest BCUT2D eigenvalue weighted by Gasteiger charge is 2.11. The van der Waals surface area contributed by atoms with Crippen molar-refractivity contribution in [2.45, 2.75) is 18.4 Å². The number of benzene rings is 1. The molecule has 0 radical (unpaired) electrons. The zero-order valence-corrected chi connectivity index (χ0v) is 16.1. The highest BCUT2D eigenvalue weighted by atomic mass is 32.2. The van der Waals surface area contributed by atoms with Gasteiger partial charge in [0.2, 0.25) is 5.91 Å². The molecular formula is C19H22F2N4OS. The molecule has 0 unspecified atom stereocenters. The van der Waals surface area contributed by atoms with E-state index in [1.54, 1.807) is 7.05 Å². The fraction of sp³-hybridized carbons (Fsp3) is 0.263. The maximum Gasteiger partial charge on any atom is 0.230 e. The fourth-order valence-corrected chi connectivity index (χ4v) is 3.24. The van der Waals surface area contributed by atoms with Crippen LogP contribution in [-0.2, 0) is 11.2 Å². The van der Waals surface area contributed by atoms with Crippen molar-refractivity contribution in [3.05, 3.63) is 59.3 Å². The molecule has 0 saturated heterocycles. The van der Waals surface area contributed by atoms with Crippen LogP contribution in [0.25, 0.3) is 5.70 Å². The number of pyridine rings is 1. The Morgan fingerprint density at radius 1 is 1.30 bits per heavy atom. The van der Waals surface area contributed by atoms with Crippen LogP contribution in [0.4, 0.5) is 14.5 Å². The number of nitrogen functional groups attached to an aromatic ring is 1. The van der Waals surface area contributed by atoms with Gasteiger partial charge in [-0.1, -0.05) is 18.3 Å². The molecule has 0 aliphatic heterocycles. The van der Waals surface area contributed by atoms with E-state index in [0.717, 1.165) is 17.0 Å². The number of hydrogen-bond donors (Lipinski definition) is 3. The number of halogens is 2. The van der Waals surface area contributed by atoms with E-state index in [4.69, 9.17) is 5.73 Å². The Morgan fingerprint density at radius 3 is 2.59 bits per heavy atom. The number of carbonyl (C=O) groups is 1. The molecule has 0 spiro atoms. The lowest BCUT2D eigenvalue weighted by atomic mass is 10.1. The Balaban J connectivity index is 1.88. The van der Waals surface area contributed by atoms with Crippen molar-refractivity contribution in [3.8, 4) is 0 Å². The van der Waals surface area contributed by atoms with Gasteiger partial charge in [0.1, 0.15) is 22.3 Å². The van der Waals surface area contributed by atoms with Crippen LogP contribution in [0.1, 0.15) is 16.8 Å². The zero-order valence-electron chi connectivity index (χ0n) is 15.2. The smallest absolute Gasteiger partial charge is 0.230 e. The molecule has 27 heavy (non-hydrogen) atoms. The molecule has 0 atom stereocenters. The Kier molecular flexibility index (Phi) is 7.18. The van der Waals surface area contributed by atoms with Gasteiger partial charge in [-0.3, -0.25) is 4.79 Å². The highest BCUT2D eigenvalue weighted by molar-refractivity contribution is 8.00.